The lowest BCUT2D eigenvalue weighted by atomic mass is 9.75. The lowest BCUT2D eigenvalue weighted by Gasteiger charge is -2.49. The van der Waals surface area contributed by atoms with Crippen LogP contribution >= 0.6 is 0 Å². The van der Waals surface area contributed by atoms with Crippen molar-refractivity contribution < 1.29 is 30.7 Å². The van der Waals surface area contributed by atoms with E-state index in [2.05, 4.69) is 15.4 Å². The zero-order valence-corrected chi connectivity index (χ0v) is 17.4. The molecule has 0 amide bonds. The van der Waals surface area contributed by atoms with Crippen LogP contribution in [0.25, 0.3) is 5.65 Å². The van der Waals surface area contributed by atoms with E-state index < -0.39 is 33.3 Å². The topological polar surface area (TPSA) is 115 Å². The maximum atomic E-state index is 13.4. The minimum Gasteiger partial charge on any atom is -0.481 e. The summed E-state index contributed by atoms with van der Waals surface area (Å²) in [6.07, 6.45) is -4.67. The third kappa shape index (κ3) is 4.08. The molecule has 32 heavy (non-hydrogen) atoms. The van der Waals surface area contributed by atoms with Crippen LogP contribution in [-0.2, 0) is 21.8 Å². The van der Waals surface area contributed by atoms with Crippen LogP contribution in [0.3, 0.4) is 0 Å². The van der Waals surface area contributed by atoms with Crippen molar-refractivity contribution in [3.63, 3.8) is 0 Å². The summed E-state index contributed by atoms with van der Waals surface area (Å²) < 4.78 is 83.3. The number of hydrogen-bond acceptors (Lipinski definition) is 6. The normalized spacial score (nSPS) is 16.7. The number of nitrogens with zero attached hydrogens (tertiary/aromatic N) is 4. The number of ether oxygens (including phenoxy) is 1. The van der Waals surface area contributed by atoms with Gasteiger partial charge in [0.1, 0.15) is 11.6 Å². The first-order valence-electron chi connectivity index (χ1n) is 9.21. The first kappa shape index (κ1) is 22.2. The van der Waals surface area contributed by atoms with E-state index >= 15 is 0 Å². The fraction of sp³-hybridized carbons (Fsp3) is 0.333. The molecule has 0 radical (unpaired) electrons. The lowest BCUT2D eigenvalue weighted by Crippen LogP contribution is -2.65. The Morgan fingerprint density at radius 1 is 1.22 bits per heavy atom. The van der Waals surface area contributed by atoms with Crippen molar-refractivity contribution in [3.8, 4) is 5.88 Å². The molecular formula is C18H18F4N6O3S. The summed E-state index contributed by atoms with van der Waals surface area (Å²) in [6.45, 7) is 0.0968. The Bertz CT molecular complexity index is 1250. The maximum Gasteiger partial charge on any atom is 0.435 e. The van der Waals surface area contributed by atoms with Gasteiger partial charge in [0, 0.05) is 37.2 Å². The molecule has 1 fully saturated rings. The van der Waals surface area contributed by atoms with Crippen molar-refractivity contribution in [2.45, 2.75) is 11.6 Å². The maximum absolute atomic E-state index is 13.4. The highest BCUT2D eigenvalue weighted by Crippen LogP contribution is 2.37. The first-order valence-corrected chi connectivity index (χ1v) is 10.7. The van der Waals surface area contributed by atoms with E-state index in [0.29, 0.717) is 5.56 Å². The van der Waals surface area contributed by atoms with E-state index in [1.54, 1.807) is 0 Å². The van der Waals surface area contributed by atoms with Gasteiger partial charge in [0.05, 0.1) is 7.11 Å². The van der Waals surface area contributed by atoms with Crippen molar-refractivity contribution in [3.05, 3.63) is 53.5 Å². The third-order valence-electron chi connectivity index (χ3n) is 5.29. The molecule has 3 heterocycles. The number of aromatic nitrogens is 3. The summed E-state index contributed by atoms with van der Waals surface area (Å²) in [5, 5.41) is 11.8. The largest absolute Gasteiger partial charge is 0.481 e. The Labute approximate surface area is 180 Å². The highest BCUT2D eigenvalue weighted by molar-refractivity contribution is 7.86. The molecule has 0 aliphatic carbocycles. The number of benzene rings is 1. The second-order valence-electron chi connectivity index (χ2n) is 7.43. The van der Waals surface area contributed by atoms with Crippen molar-refractivity contribution in [1.29, 1.82) is 0 Å². The Kier molecular flexibility index (Phi) is 5.26. The molecule has 4 rings (SSSR count). The SMILES string of the molecule is COc1cc(NCC2(c3ccc(F)cc3)CN(S(N)(=O)=O)C2)n2nc(C(F)(F)F)cc2n1. The second-order valence-corrected chi connectivity index (χ2v) is 8.98. The highest BCUT2D eigenvalue weighted by atomic mass is 32.2. The average Bonchev–Trinajstić information content (AvgIpc) is 3.11. The minimum atomic E-state index is -4.67. The van der Waals surface area contributed by atoms with Crippen molar-refractivity contribution in [2.75, 3.05) is 32.1 Å². The van der Waals surface area contributed by atoms with Gasteiger partial charge in [0.25, 0.3) is 10.2 Å². The number of nitrogens with one attached hydrogen (secondary N) is 1. The summed E-state index contributed by atoms with van der Waals surface area (Å²) >= 11 is 0. The summed E-state index contributed by atoms with van der Waals surface area (Å²) in [6, 6.07) is 7.69. The minimum absolute atomic E-state index is 0.00271. The zero-order chi connectivity index (χ0) is 23.3. The average molecular weight is 474 g/mol. The van der Waals surface area contributed by atoms with Crippen molar-refractivity contribution >= 4 is 21.7 Å². The molecule has 0 spiro atoms. The van der Waals surface area contributed by atoms with Crippen LogP contribution in [-0.4, -0.2) is 54.1 Å². The molecule has 0 bridgehead atoms. The highest BCUT2D eigenvalue weighted by Gasteiger charge is 2.48. The quantitative estimate of drug-likeness (QED) is 0.527. The molecule has 172 valence electrons. The predicted octanol–water partition coefficient (Wildman–Crippen LogP) is 1.76. The van der Waals surface area contributed by atoms with Crippen LogP contribution in [0.2, 0.25) is 0 Å². The molecule has 2 aromatic heterocycles. The molecule has 9 nitrogen and oxygen atoms in total. The third-order valence-corrected chi connectivity index (χ3v) is 6.26. The van der Waals surface area contributed by atoms with Gasteiger partial charge in [-0.1, -0.05) is 12.1 Å². The fourth-order valence-electron chi connectivity index (χ4n) is 3.59. The van der Waals surface area contributed by atoms with Gasteiger partial charge in [0.2, 0.25) is 5.88 Å². The Hall–Kier alpha value is -2.97. The Balaban J connectivity index is 1.69. The molecule has 14 heteroatoms. The number of anilines is 1. The Morgan fingerprint density at radius 3 is 2.44 bits per heavy atom. The number of nitrogens with two attached hydrogens (primary N) is 1. The van der Waals surface area contributed by atoms with Gasteiger partial charge in [-0.2, -0.15) is 40.5 Å². The van der Waals surface area contributed by atoms with Crippen LogP contribution in [0.1, 0.15) is 11.3 Å². The summed E-state index contributed by atoms with van der Waals surface area (Å²) in [4.78, 5) is 3.97. The van der Waals surface area contributed by atoms with E-state index in [1.807, 2.05) is 0 Å². The van der Waals surface area contributed by atoms with E-state index in [0.717, 1.165) is 14.9 Å². The smallest absolute Gasteiger partial charge is 0.435 e. The van der Waals surface area contributed by atoms with E-state index in [-0.39, 0.29) is 37.0 Å². The van der Waals surface area contributed by atoms with Gasteiger partial charge in [-0.25, -0.2) is 9.53 Å². The molecular weight excluding hydrogens is 456 g/mol. The molecule has 3 aromatic rings. The van der Waals surface area contributed by atoms with Crippen LogP contribution in [0.4, 0.5) is 23.4 Å². The van der Waals surface area contributed by atoms with Gasteiger partial charge in [-0.05, 0) is 17.7 Å². The van der Waals surface area contributed by atoms with Gasteiger partial charge in [-0.15, -0.1) is 0 Å². The number of fused-ring (bicyclic) bond motifs is 1. The number of hydrogen-bond donors (Lipinski definition) is 2. The number of methoxy groups -OCH3 is 1. The predicted molar refractivity (Wildman–Crippen MR) is 106 cm³/mol. The Morgan fingerprint density at radius 2 is 1.88 bits per heavy atom. The van der Waals surface area contributed by atoms with E-state index in [9.17, 15) is 26.0 Å². The number of halogens is 4. The molecule has 0 unspecified atom stereocenters. The summed E-state index contributed by atoms with van der Waals surface area (Å²) in [5.74, 6) is -0.251. The van der Waals surface area contributed by atoms with Crippen molar-refractivity contribution in [1.82, 2.24) is 18.9 Å². The van der Waals surface area contributed by atoms with Gasteiger partial charge in [0.15, 0.2) is 11.3 Å². The van der Waals surface area contributed by atoms with Gasteiger partial charge in [-0.3, -0.25) is 0 Å². The molecule has 0 atom stereocenters. The van der Waals surface area contributed by atoms with Crippen LogP contribution in [0, 0.1) is 5.82 Å². The molecule has 1 aliphatic rings. The van der Waals surface area contributed by atoms with Crippen LogP contribution in [0.15, 0.2) is 36.4 Å². The molecule has 1 saturated heterocycles. The fourth-order valence-corrected chi connectivity index (χ4v) is 4.44. The monoisotopic (exact) mass is 474 g/mol. The zero-order valence-electron chi connectivity index (χ0n) is 16.6. The second kappa shape index (κ2) is 7.56. The summed E-state index contributed by atoms with van der Waals surface area (Å²) in [5.41, 5.74) is -1.38. The van der Waals surface area contributed by atoms with E-state index in [4.69, 9.17) is 9.88 Å². The molecule has 1 aromatic carbocycles. The number of alkyl halides is 3. The van der Waals surface area contributed by atoms with Crippen LogP contribution < -0.4 is 15.2 Å². The van der Waals surface area contributed by atoms with Crippen molar-refractivity contribution in [2.24, 2.45) is 5.14 Å². The van der Waals surface area contributed by atoms with Gasteiger partial charge >= 0.3 is 6.18 Å². The van der Waals surface area contributed by atoms with Crippen LogP contribution in [0.5, 0.6) is 5.88 Å². The van der Waals surface area contributed by atoms with Gasteiger partial charge < -0.3 is 10.1 Å². The van der Waals surface area contributed by atoms with E-state index in [1.165, 1.54) is 37.4 Å². The standard InChI is InChI=1S/C18H18F4N6O3S/c1-31-16-7-14(28-15(25-16)6-13(26-28)18(20,21)22)24-8-17(9-27(10-17)32(23,29)30)11-2-4-12(19)5-3-11/h2-7,24H,8-10H2,1H3,(H2,23,29,30). The summed E-state index contributed by atoms with van der Waals surface area (Å²) in [7, 11) is -2.62. The molecule has 3 N–H and O–H groups in total. The molecule has 1 aliphatic heterocycles. The first-order chi connectivity index (χ1) is 14.9. The molecule has 0 saturated carbocycles. The number of rotatable bonds is 6. The lowest BCUT2D eigenvalue weighted by molar-refractivity contribution is -0.141.